The molecular weight excluding hydrogens is 508 g/mol. The van der Waals surface area contributed by atoms with E-state index in [9.17, 15) is 9.59 Å². The van der Waals surface area contributed by atoms with E-state index in [1.165, 1.54) is 83.1 Å². The second-order valence-electron chi connectivity index (χ2n) is 10.1. The molecule has 0 atom stereocenters. The maximum atomic E-state index is 12.8. The third-order valence-electron chi connectivity index (χ3n) is 6.88. The molecule has 3 rings (SSSR count). The largest absolute Gasteiger partial charge is 0.494 e. The van der Waals surface area contributed by atoms with Gasteiger partial charge in [-0.25, -0.2) is 0 Å². The van der Waals surface area contributed by atoms with E-state index in [-0.39, 0.29) is 27.7 Å². The number of carbonyl (C=O) groups is 1. The molecule has 0 bridgehead atoms. The first-order valence-corrected chi connectivity index (χ1v) is 14.8. The fraction of sp³-hybridized carbons (Fsp3) is 0.469. The fourth-order valence-corrected chi connectivity index (χ4v) is 4.70. The highest BCUT2D eigenvalue weighted by Crippen LogP contribution is 2.23. The van der Waals surface area contributed by atoms with Gasteiger partial charge < -0.3 is 20.2 Å². The molecule has 0 radical (unpaired) electrons. The van der Waals surface area contributed by atoms with E-state index in [4.69, 9.17) is 27.1 Å². The standard InChI is InChI=1S/C32H42N2O4S/c1-2-3-4-5-6-7-8-9-10-11-12-13-14-22-37-25-20-18-24(19-21-25)32(36)34-27-17-15-16-26-28(35)23-29(31(33)39)38-30(26)27/h15-21,23H,2-14,22H2,1H3,(H2,33,39)(H,34,36). The van der Waals surface area contributed by atoms with Crippen molar-refractivity contribution >= 4 is 39.8 Å². The molecule has 39 heavy (non-hydrogen) atoms. The first-order chi connectivity index (χ1) is 19.0. The predicted molar refractivity (Wildman–Crippen MR) is 164 cm³/mol. The molecule has 0 aliphatic rings. The Kier molecular flexibility index (Phi) is 13.0. The van der Waals surface area contributed by atoms with Crippen molar-refractivity contribution in [2.24, 2.45) is 5.73 Å². The van der Waals surface area contributed by atoms with E-state index in [0.717, 1.165) is 12.2 Å². The molecule has 1 heterocycles. The Bertz CT molecular complexity index is 1250. The minimum atomic E-state index is -0.325. The molecule has 0 unspecified atom stereocenters. The Labute approximate surface area is 237 Å². The summed E-state index contributed by atoms with van der Waals surface area (Å²) in [5.74, 6) is 0.519. The summed E-state index contributed by atoms with van der Waals surface area (Å²) in [7, 11) is 0. The maximum Gasteiger partial charge on any atom is 0.255 e. The Balaban J connectivity index is 1.35. The highest BCUT2D eigenvalue weighted by Gasteiger charge is 2.14. The van der Waals surface area contributed by atoms with Crippen LogP contribution in [0.25, 0.3) is 11.0 Å². The maximum absolute atomic E-state index is 12.8. The van der Waals surface area contributed by atoms with Crippen LogP contribution >= 0.6 is 12.2 Å². The number of hydrogen-bond acceptors (Lipinski definition) is 5. The van der Waals surface area contributed by atoms with E-state index in [2.05, 4.69) is 12.2 Å². The monoisotopic (exact) mass is 550 g/mol. The number of fused-ring (bicyclic) bond motifs is 1. The quantitative estimate of drug-likeness (QED) is 0.123. The van der Waals surface area contributed by atoms with Crippen molar-refractivity contribution in [2.75, 3.05) is 11.9 Å². The lowest BCUT2D eigenvalue weighted by molar-refractivity contribution is 0.102. The van der Waals surface area contributed by atoms with Crippen LogP contribution in [-0.2, 0) is 0 Å². The van der Waals surface area contributed by atoms with Gasteiger partial charge in [0, 0.05) is 11.6 Å². The third-order valence-corrected chi connectivity index (χ3v) is 7.08. The van der Waals surface area contributed by atoms with Crippen LogP contribution in [0.1, 0.15) is 107 Å². The third kappa shape index (κ3) is 10.1. The van der Waals surface area contributed by atoms with Gasteiger partial charge in [-0.1, -0.05) is 102 Å². The lowest BCUT2D eigenvalue weighted by Crippen LogP contribution is -2.15. The Morgan fingerprint density at radius 1 is 0.872 bits per heavy atom. The summed E-state index contributed by atoms with van der Waals surface area (Å²) in [4.78, 5) is 25.2. The molecule has 1 amide bonds. The van der Waals surface area contributed by atoms with Gasteiger partial charge in [0.25, 0.3) is 5.91 Å². The molecule has 3 N–H and O–H groups in total. The van der Waals surface area contributed by atoms with Crippen molar-refractivity contribution in [3.63, 3.8) is 0 Å². The number of nitrogens with two attached hydrogens (primary N) is 1. The Morgan fingerprint density at radius 3 is 2.05 bits per heavy atom. The number of nitrogens with one attached hydrogen (secondary N) is 1. The summed E-state index contributed by atoms with van der Waals surface area (Å²) in [6.45, 7) is 2.94. The Hall–Kier alpha value is -3.19. The fourth-order valence-electron chi connectivity index (χ4n) is 4.60. The van der Waals surface area contributed by atoms with Crippen LogP contribution in [0.5, 0.6) is 5.75 Å². The molecule has 210 valence electrons. The van der Waals surface area contributed by atoms with Crippen molar-refractivity contribution in [1.82, 2.24) is 0 Å². The summed E-state index contributed by atoms with van der Waals surface area (Å²) in [5, 5.41) is 3.15. The van der Waals surface area contributed by atoms with Crippen molar-refractivity contribution in [3.8, 4) is 5.75 Å². The highest BCUT2D eigenvalue weighted by molar-refractivity contribution is 7.80. The van der Waals surface area contributed by atoms with Gasteiger partial charge in [0.2, 0.25) is 0 Å². The second-order valence-corrected chi connectivity index (χ2v) is 10.5. The highest BCUT2D eigenvalue weighted by atomic mass is 32.1. The zero-order chi connectivity index (χ0) is 27.9. The van der Waals surface area contributed by atoms with Crippen molar-refractivity contribution in [1.29, 1.82) is 0 Å². The molecule has 7 heteroatoms. The zero-order valence-electron chi connectivity index (χ0n) is 23.1. The molecule has 0 aliphatic heterocycles. The molecule has 3 aromatic rings. The number of carbonyl (C=O) groups excluding carboxylic acids is 1. The Morgan fingerprint density at radius 2 is 1.46 bits per heavy atom. The van der Waals surface area contributed by atoms with E-state index in [0.29, 0.717) is 23.2 Å². The number of hydrogen-bond donors (Lipinski definition) is 2. The molecule has 0 saturated carbocycles. The summed E-state index contributed by atoms with van der Waals surface area (Å²) in [5.41, 5.74) is 6.42. The topological polar surface area (TPSA) is 94.6 Å². The zero-order valence-corrected chi connectivity index (χ0v) is 24.0. The van der Waals surface area contributed by atoms with Gasteiger partial charge >= 0.3 is 0 Å². The number of benzene rings is 2. The number of thiocarbonyl (C=S) groups is 1. The van der Waals surface area contributed by atoms with Gasteiger partial charge in [0.15, 0.2) is 16.8 Å². The molecule has 0 fully saturated rings. The van der Waals surface area contributed by atoms with E-state index in [1.807, 2.05) is 0 Å². The van der Waals surface area contributed by atoms with Gasteiger partial charge in [0.1, 0.15) is 10.7 Å². The molecule has 0 spiro atoms. The normalized spacial score (nSPS) is 11.0. The van der Waals surface area contributed by atoms with Crippen LogP contribution in [0.3, 0.4) is 0 Å². The minimum Gasteiger partial charge on any atom is -0.494 e. The van der Waals surface area contributed by atoms with Gasteiger partial charge in [0.05, 0.1) is 17.7 Å². The lowest BCUT2D eigenvalue weighted by atomic mass is 10.0. The van der Waals surface area contributed by atoms with E-state index >= 15 is 0 Å². The lowest BCUT2D eigenvalue weighted by Gasteiger charge is -2.10. The molecule has 6 nitrogen and oxygen atoms in total. The van der Waals surface area contributed by atoms with Crippen LogP contribution in [0.2, 0.25) is 0 Å². The van der Waals surface area contributed by atoms with Crippen molar-refractivity contribution < 1.29 is 13.9 Å². The van der Waals surface area contributed by atoms with Crippen LogP contribution < -0.4 is 21.2 Å². The average molecular weight is 551 g/mol. The van der Waals surface area contributed by atoms with Crippen LogP contribution in [0, 0.1) is 0 Å². The molecule has 0 aliphatic carbocycles. The van der Waals surface area contributed by atoms with Crippen LogP contribution in [-0.4, -0.2) is 17.5 Å². The molecule has 0 saturated heterocycles. The van der Waals surface area contributed by atoms with E-state index in [1.54, 1.807) is 42.5 Å². The van der Waals surface area contributed by atoms with E-state index < -0.39 is 0 Å². The average Bonchev–Trinajstić information content (AvgIpc) is 2.93. The molecular formula is C32H42N2O4S. The van der Waals surface area contributed by atoms with Crippen molar-refractivity contribution in [2.45, 2.75) is 90.4 Å². The summed E-state index contributed by atoms with van der Waals surface area (Å²) in [6.07, 6.45) is 17.2. The van der Waals surface area contributed by atoms with Crippen LogP contribution in [0.4, 0.5) is 5.69 Å². The summed E-state index contributed by atoms with van der Waals surface area (Å²) < 4.78 is 11.6. The first kappa shape index (κ1) is 30.4. The van der Waals surface area contributed by atoms with Gasteiger partial charge in [-0.15, -0.1) is 0 Å². The van der Waals surface area contributed by atoms with Gasteiger partial charge in [-0.05, 0) is 42.8 Å². The SMILES string of the molecule is CCCCCCCCCCCCCCCOc1ccc(C(=O)Nc2cccc3c(=O)cc(C(N)=S)oc23)cc1. The minimum absolute atomic E-state index is 0.0236. The number of unbranched alkanes of at least 4 members (excludes halogenated alkanes) is 12. The first-order valence-electron chi connectivity index (χ1n) is 14.4. The predicted octanol–water partition coefficient (Wildman–Crippen LogP) is 8.15. The van der Waals surface area contributed by atoms with Gasteiger partial charge in [-0.2, -0.15) is 0 Å². The molecule has 1 aromatic heterocycles. The number of para-hydroxylation sites is 1. The van der Waals surface area contributed by atoms with Crippen molar-refractivity contribution in [3.05, 3.63) is 70.1 Å². The summed E-state index contributed by atoms with van der Waals surface area (Å²) in [6, 6.07) is 13.3. The van der Waals surface area contributed by atoms with Gasteiger partial charge in [-0.3, -0.25) is 9.59 Å². The smallest absolute Gasteiger partial charge is 0.255 e. The van der Waals surface area contributed by atoms with Crippen LogP contribution in [0.15, 0.2) is 57.7 Å². The second kappa shape index (κ2) is 16.7. The number of amides is 1. The summed E-state index contributed by atoms with van der Waals surface area (Å²) >= 11 is 4.94. The molecule has 2 aromatic carbocycles. The number of rotatable bonds is 18. The number of anilines is 1. The number of ether oxygens (including phenoxy) is 1.